The van der Waals surface area contributed by atoms with E-state index < -0.39 is 0 Å². The first-order valence-electron chi connectivity index (χ1n) is 6.09. The Morgan fingerprint density at radius 3 is 3.00 bits per heavy atom. The normalized spacial score (nSPS) is 10.6. The van der Waals surface area contributed by atoms with Gasteiger partial charge < -0.3 is 21.9 Å². The number of aromatic nitrogens is 3. The quantitative estimate of drug-likeness (QED) is 0.523. The summed E-state index contributed by atoms with van der Waals surface area (Å²) in [6.07, 6.45) is 7.39. The summed E-state index contributed by atoms with van der Waals surface area (Å²) in [4.78, 5) is 4.14. The molecule has 7 nitrogen and oxygen atoms in total. The Bertz CT molecular complexity index is 539. The van der Waals surface area contributed by atoms with Crippen LogP contribution < -0.4 is 21.4 Å². The Kier molecular flexibility index (Phi) is 4.19. The highest BCUT2D eigenvalue weighted by molar-refractivity contribution is 5.65. The molecule has 0 atom stereocenters. The SMILES string of the molecule is Nc1cnc(NCCn2cc[n+](CCO)c2)c(N)c1. The molecule has 0 amide bonds. The minimum atomic E-state index is 0.138. The van der Waals surface area contributed by atoms with Crippen LogP contribution in [0.1, 0.15) is 0 Å². The molecule has 0 saturated heterocycles. The summed E-state index contributed by atoms with van der Waals surface area (Å²) in [5.41, 5.74) is 12.5. The predicted octanol–water partition coefficient (Wildman–Crippen LogP) is -0.561. The van der Waals surface area contributed by atoms with Crippen molar-refractivity contribution in [3.63, 3.8) is 0 Å². The van der Waals surface area contributed by atoms with Crippen LogP contribution in [0.2, 0.25) is 0 Å². The molecular weight excluding hydrogens is 244 g/mol. The molecule has 102 valence electrons. The zero-order valence-electron chi connectivity index (χ0n) is 10.7. The maximum Gasteiger partial charge on any atom is 0.243 e. The molecule has 0 saturated carbocycles. The van der Waals surface area contributed by atoms with Gasteiger partial charge in [-0.1, -0.05) is 0 Å². The van der Waals surface area contributed by atoms with Gasteiger partial charge in [-0.25, -0.2) is 14.1 Å². The smallest absolute Gasteiger partial charge is 0.243 e. The maximum atomic E-state index is 8.83. The van der Waals surface area contributed by atoms with Crippen molar-refractivity contribution in [2.45, 2.75) is 13.1 Å². The van der Waals surface area contributed by atoms with E-state index in [4.69, 9.17) is 16.6 Å². The van der Waals surface area contributed by atoms with Crippen molar-refractivity contribution in [3.8, 4) is 0 Å². The summed E-state index contributed by atoms with van der Waals surface area (Å²) < 4.78 is 3.95. The van der Waals surface area contributed by atoms with E-state index in [1.165, 1.54) is 0 Å². The highest BCUT2D eigenvalue weighted by atomic mass is 16.3. The van der Waals surface area contributed by atoms with E-state index in [0.717, 1.165) is 6.54 Å². The molecule has 0 aliphatic rings. The number of nitrogen functional groups attached to an aromatic ring is 2. The van der Waals surface area contributed by atoms with E-state index in [1.54, 1.807) is 12.3 Å². The van der Waals surface area contributed by atoms with Gasteiger partial charge in [-0.15, -0.1) is 0 Å². The Hall–Kier alpha value is -2.28. The molecule has 7 heteroatoms. The van der Waals surface area contributed by atoms with Gasteiger partial charge in [0.05, 0.1) is 30.7 Å². The van der Waals surface area contributed by atoms with Gasteiger partial charge in [-0.2, -0.15) is 0 Å². The molecular formula is C12H19N6O+. The largest absolute Gasteiger partial charge is 0.397 e. The first-order chi connectivity index (χ1) is 9.19. The van der Waals surface area contributed by atoms with Gasteiger partial charge in [0.2, 0.25) is 6.33 Å². The number of nitrogens with zero attached hydrogens (tertiary/aromatic N) is 3. The summed E-state index contributed by atoms with van der Waals surface area (Å²) in [7, 11) is 0. The van der Waals surface area contributed by atoms with Crippen molar-refractivity contribution in [2.75, 3.05) is 29.9 Å². The number of nitrogens with one attached hydrogen (secondary N) is 1. The Balaban J connectivity index is 1.85. The van der Waals surface area contributed by atoms with Crippen LogP contribution in [0.25, 0.3) is 0 Å². The maximum absolute atomic E-state index is 8.83. The molecule has 0 spiro atoms. The number of rotatable bonds is 6. The zero-order valence-corrected chi connectivity index (χ0v) is 10.7. The molecule has 0 fully saturated rings. The lowest BCUT2D eigenvalue weighted by Crippen LogP contribution is -2.33. The second kappa shape index (κ2) is 6.05. The lowest BCUT2D eigenvalue weighted by Gasteiger charge is -2.07. The van der Waals surface area contributed by atoms with Crippen molar-refractivity contribution < 1.29 is 9.67 Å². The van der Waals surface area contributed by atoms with Crippen LogP contribution >= 0.6 is 0 Å². The fourth-order valence-electron chi connectivity index (χ4n) is 1.77. The number of anilines is 3. The third-order valence-electron chi connectivity index (χ3n) is 2.71. The molecule has 0 aromatic carbocycles. The van der Waals surface area contributed by atoms with Crippen LogP contribution in [0.15, 0.2) is 31.0 Å². The highest BCUT2D eigenvalue weighted by Crippen LogP contribution is 2.16. The van der Waals surface area contributed by atoms with Crippen molar-refractivity contribution in [3.05, 3.63) is 31.0 Å². The van der Waals surface area contributed by atoms with Gasteiger partial charge in [0.15, 0.2) is 0 Å². The summed E-state index contributed by atoms with van der Waals surface area (Å²) >= 11 is 0. The predicted molar refractivity (Wildman–Crippen MR) is 73.3 cm³/mol. The van der Waals surface area contributed by atoms with Gasteiger partial charge in [-0.05, 0) is 6.07 Å². The van der Waals surface area contributed by atoms with Crippen LogP contribution in [-0.2, 0) is 13.1 Å². The average Bonchev–Trinajstić information content (AvgIpc) is 2.80. The Morgan fingerprint density at radius 1 is 1.42 bits per heavy atom. The Morgan fingerprint density at radius 2 is 2.26 bits per heavy atom. The van der Waals surface area contributed by atoms with Crippen LogP contribution in [0.3, 0.4) is 0 Å². The number of imidazole rings is 1. The number of nitrogens with two attached hydrogens (primary N) is 2. The molecule has 0 radical (unpaired) electrons. The summed E-state index contributed by atoms with van der Waals surface area (Å²) in [5, 5.41) is 12.0. The van der Waals surface area contributed by atoms with Gasteiger partial charge in [0.25, 0.3) is 0 Å². The number of hydrogen-bond acceptors (Lipinski definition) is 5. The minimum Gasteiger partial charge on any atom is -0.397 e. The van der Waals surface area contributed by atoms with E-state index in [9.17, 15) is 0 Å². The van der Waals surface area contributed by atoms with Crippen molar-refractivity contribution in [1.82, 2.24) is 9.55 Å². The molecule has 0 aliphatic carbocycles. The lowest BCUT2D eigenvalue weighted by molar-refractivity contribution is -0.697. The standard InChI is InChI=1S/C12H19N6O/c13-10-7-11(14)12(16-8-10)15-1-2-17-3-4-18(9-17)5-6-19/h3-4,7-9,19H,1-2,5-6,13-14H2,(H,15,16)/q+1. The van der Waals surface area contributed by atoms with E-state index in [1.807, 2.05) is 27.9 Å². The number of aliphatic hydroxyl groups excluding tert-OH is 1. The van der Waals surface area contributed by atoms with Crippen molar-refractivity contribution in [1.29, 1.82) is 0 Å². The van der Waals surface area contributed by atoms with Gasteiger partial charge in [-0.3, -0.25) is 0 Å². The van der Waals surface area contributed by atoms with Crippen molar-refractivity contribution >= 4 is 17.2 Å². The molecule has 2 rings (SSSR count). The first-order valence-corrected chi connectivity index (χ1v) is 6.09. The van der Waals surface area contributed by atoms with Crippen molar-refractivity contribution in [2.24, 2.45) is 0 Å². The molecule has 0 unspecified atom stereocenters. The zero-order chi connectivity index (χ0) is 13.7. The third kappa shape index (κ3) is 3.59. The monoisotopic (exact) mass is 263 g/mol. The first kappa shape index (κ1) is 13.2. The lowest BCUT2D eigenvalue weighted by atomic mass is 10.3. The van der Waals surface area contributed by atoms with E-state index in [0.29, 0.717) is 30.3 Å². The summed E-state index contributed by atoms with van der Waals surface area (Å²) in [6.45, 7) is 2.23. The second-order valence-electron chi connectivity index (χ2n) is 4.25. The van der Waals surface area contributed by atoms with Gasteiger partial charge in [0.1, 0.15) is 31.3 Å². The van der Waals surface area contributed by atoms with E-state index >= 15 is 0 Å². The van der Waals surface area contributed by atoms with Crippen LogP contribution in [0.5, 0.6) is 0 Å². The molecule has 2 aromatic heterocycles. The van der Waals surface area contributed by atoms with Crippen LogP contribution in [0, 0.1) is 0 Å². The fourth-order valence-corrected chi connectivity index (χ4v) is 1.77. The van der Waals surface area contributed by atoms with Crippen LogP contribution in [-0.4, -0.2) is 27.8 Å². The number of pyridine rings is 1. The summed E-state index contributed by atoms with van der Waals surface area (Å²) in [6, 6.07) is 1.68. The molecule has 0 aliphatic heterocycles. The average molecular weight is 263 g/mol. The number of aliphatic hydroxyl groups is 1. The topological polar surface area (TPSA) is 106 Å². The molecule has 2 aromatic rings. The Labute approximate surface area is 111 Å². The fraction of sp³-hybridized carbons (Fsp3) is 0.333. The summed E-state index contributed by atoms with van der Waals surface area (Å²) in [5.74, 6) is 0.643. The van der Waals surface area contributed by atoms with E-state index in [2.05, 4.69) is 10.3 Å². The van der Waals surface area contributed by atoms with Crippen LogP contribution in [0.4, 0.5) is 17.2 Å². The highest BCUT2D eigenvalue weighted by Gasteiger charge is 2.04. The van der Waals surface area contributed by atoms with Gasteiger partial charge in [0, 0.05) is 0 Å². The number of hydrogen-bond donors (Lipinski definition) is 4. The minimum absolute atomic E-state index is 0.138. The molecule has 6 N–H and O–H groups in total. The second-order valence-corrected chi connectivity index (χ2v) is 4.25. The molecule has 2 heterocycles. The molecule has 19 heavy (non-hydrogen) atoms. The van der Waals surface area contributed by atoms with Gasteiger partial charge >= 0.3 is 0 Å². The third-order valence-corrected chi connectivity index (χ3v) is 2.71. The molecule has 0 bridgehead atoms. The van der Waals surface area contributed by atoms with E-state index in [-0.39, 0.29) is 6.61 Å².